The molecule has 0 amide bonds. The molecule has 2 heterocycles. The van der Waals surface area contributed by atoms with E-state index < -0.39 is 0 Å². The number of nitrogens with one attached hydrogen (secondary N) is 1. The summed E-state index contributed by atoms with van der Waals surface area (Å²) < 4.78 is 0. The van der Waals surface area contributed by atoms with Crippen molar-refractivity contribution in [3.63, 3.8) is 0 Å². The summed E-state index contributed by atoms with van der Waals surface area (Å²) in [6, 6.07) is 6.12. The number of aryl methyl sites for hydroxylation is 1. The summed E-state index contributed by atoms with van der Waals surface area (Å²) in [5.74, 6) is 1.73. The van der Waals surface area contributed by atoms with Crippen LogP contribution in [0.3, 0.4) is 0 Å². The maximum Gasteiger partial charge on any atom is 0.222 e. The standard InChI is InChI=1S/C18H24N6/c1-11-2-3-12-4-5-13(19)10-14(12)16-15(11)17(23-18(20)22-16)24-8-6-21-7-9-24/h4-5,10-11,21H,2-3,6-9,19H2,1H3,(H2,20,22,23). The van der Waals surface area contributed by atoms with Gasteiger partial charge in [-0.2, -0.15) is 4.98 Å². The summed E-state index contributed by atoms with van der Waals surface area (Å²) >= 11 is 0. The first-order valence-corrected chi connectivity index (χ1v) is 8.65. The smallest absolute Gasteiger partial charge is 0.222 e. The van der Waals surface area contributed by atoms with Crippen molar-refractivity contribution in [1.29, 1.82) is 0 Å². The number of nitrogens with two attached hydrogens (primary N) is 2. The van der Waals surface area contributed by atoms with E-state index in [2.05, 4.69) is 33.2 Å². The molecule has 0 spiro atoms. The molecule has 0 bridgehead atoms. The lowest BCUT2D eigenvalue weighted by Crippen LogP contribution is -2.44. The Balaban J connectivity index is 1.94. The van der Waals surface area contributed by atoms with Crippen LogP contribution in [0.5, 0.6) is 0 Å². The van der Waals surface area contributed by atoms with Crippen molar-refractivity contribution in [3.05, 3.63) is 29.3 Å². The Morgan fingerprint density at radius 3 is 2.75 bits per heavy atom. The Bertz CT molecular complexity index is 766. The third-order valence-corrected chi connectivity index (χ3v) is 5.09. The van der Waals surface area contributed by atoms with Crippen LogP contribution in [0.2, 0.25) is 0 Å². The molecule has 1 fully saturated rings. The Hall–Kier alpha value is -2.34. The maximum atomic E-state index is 6.09. The lowest BCUT2D eigenvalue weighted by atomic mass is 9.96. The molecule has 2 aromatic rings. The number of nitrogen functional groups attached to an aromatic ring is 2. The van der Waals surface area contributed by atoms with Gasteiger partial charge in [0, 0.05) is 43.0 Å². The Labute approximate surface area is 142 Å². The number of nitrogens with zero attached hydrogens (tertiary/aromatic N) is 3. The van der Waals surface area contributed by atoms with Crippen LogP contribution >= 0.6 is 0 Å². The molecule has 6 heteroatoms. The third kappa shape index (κ3) is 2.57. The van der Waals surface area contributed by atoms with Crippen LogP contribution in [-0.4, -0.2) is 36.1 Å². The fourth-order valence-corrected chi connectivity index (χ4v) is 3.80. The Morgan fingerprint density at radius 2 is 1.96 bits per heavy atom. The van der Waals surface area contributed by atoms with Crippen molar-refractivity contribution in [2.24, 2.45) is 0 Å². The SMILES string of the molecule is CC1CCc2ccc(N)cc2-c2nc(N)nc(N3CCNCC3)c21. The van der Waals surface area contributed by atoms with E-state index in [-0.39, 0.29) is 0 Å². The van der Waals surface area contributed by atoms with Crippen molar-refractivity contribution >= 4 is 17.5 Å². The van der Waals surface area contributed by atoms with Crippen LogP contribution in [0, 0.1) is 0 Å². The second-order valence-electron chi connectivity index (χ2n) is 6.76. The van der Waals surface area contributed by atoms with Gasteiger partial charge in [0.05, 0.1) is 5.69 Å². The zero-order valence-corrected chi connectivity index (χ0v) is 14.0. The predicted octanol–water partition coefficient (Wildman–Crippen LogP) is 1.77. The second kappa shape index (κ2) is 5.94. The van der Waals surface area contributed by atoms with Crippen molar-refractivity contribution in [1.82, 2.24) is 15.3 Å². The molecule has 1 saturated heterocycles. The first-order chi connectivity index (χ1) is 11.6. The first kappa shape index (κ1) is 15.2. The molecule has 1 aromatic carbocycles. The van der Waals surface area contributed by atoms with Gasteiger partial charge in [0.2, 0.25) is 5.95 Å². The zero-order chi connectivity index (χ0) is 16.7. The molecule has 1 aliphatic carbocycles. The number of benzene rings is 1. The van der Waals surface area contributed by atoms with Gasteiger partial charge in [0.15, 0.2) is 0 Å². The normalized spacial score (nSPS) is 20.2. The van der Waals surface area contributed by atoms with Crippen LogP contribution < -0.4 is 21.7 Å². The average molecular weight is 324 g/mol. The number of fused-ring (bicyclic) bond motifs is 3. The molecule has 1 atom stereocenters. The highest BCUT2D eigenvalue weighted by atomic mass is 15.2. The van der Waals surface area contributed by atoms with Gasteiger partial charge in [-0.15, -0.1) is 0 Å². The lowest BCUT2D eigenvalue weighted by molar-refractivity contribution is 0.578. The zero-order valence-electron chi connectivity index (χ0n) is 14.0. The average Bonchev–Trinajstić information content (AvgIpc) is 2.72. The Kier molecular flexibility index (Phi) is 3.76. The number of aromatic nitrogens is 2. The van der Waals surface area contributed by atoms with Gasteiger partial charge < -0.3 is 21.7 Å². The van der Waals surface area contributed by atoms with Gasteiger partial charge in [-0.1, -0.05) is 13.0 Å². The summed E-state index contributed by atoms with van der Waals surface area (Å²) in [6.07, 6.45) is 2.10. The first-order valence-electron chi connectivity index (χ1n) is 8.65. The summed E-state index contributed by atoms with van der Waals surface area (Å²) in [7, 11) is 0. The van der Waals surface area contributed by atoms with Gasteiger partial charge in [-0.25, -0.2) is 4.98 Å². The number of piperazine rings is 1. The molecular weight excluding hydrogens is 300 g/mol. The summed E-state index contributed by atoms with van der Waals surface area (Å²) in [6.45, 7) is 6.09. The van der Waals surface area contributed by atoms with E-state index in [4.69, 9.17) is 11.5 Å². The number of rotatable bonds is 1. The van der Waals surface area contributed by atoms with E-state index in [1.165, 1.54) is 11.1 Å². The minimum atomic E-state index is 0.338. The van der Waals surface area contributed by atoms with Crippen LogP contribution in [0.15, 0.2) is 18.2 Å². The topological polar surface area (TPSA) is 93.1 Å². The predicted molar refractivity (Wildman–Crippen MR) is 98.1 cm³/mol. The van der Waals surface area contributed by atoms with E-state index in [9.17, 15) is 0 Å². The number of anilines is 3. The summed E-state index contributed by atoms with van der Waals surface area (Å²) in [5, 5.41) is 3.39. The van der Waals surface area contributed by atoms with Gasteiger partial charge in [-0.3, -0.25) is 0 Å². The quantitative estimate of drug-likeness (QED) is 0.692. The fourth-order valence-electron chi connectivity index (χ4n) is 3.80. The molecule has 4 rings (SSSR count). The van der Waals surface area contributed by atoms with E-state index in [1.54, 1.807) is 0 Å². The van der Waals surface area contributed by atoms with Gasteiger partial charge in [-0.05, 0) is 36.5 Å². The van der Waals surface area contributed by atoms with Gasteiger partial charge in [0.25, 0.3) is 0 Å². The molecule has 0 saturated carbocycles. The fraction of sp³-hybridized carbons (Fsp3) is 0.444. The molecule has 0 radical (unpaired) electrons. The van der Waals surface area contributed by atoms with Crippen LogP contribution in [-0.2, 0) is 6.42 Å². The summed E-state index contributed by atoms with van der Waals surface area (Å²) in [5.41, 5.74) is 17.5. The minimum absolute atomic E-state index is 0.338. The van der Waals surface area contributed by atoms with Crippen LogP contribution in [0.1, 0.15) is 30.4 Å². The largest absolute Gasteiger partial charge is 0.399 e. The summed E-state index contributed by atoms with van der Waals surface area (Å²) in [4.78, 5) is 11.6. The number of hydrogen-bond acceptors (Lipinski definition) is 6. The molecule has 1 aromatic heterocycles. The van der Waals surface area contributed by atoms with Crippen molar-refractivity contribution in [2.45, 2.75) is 25.7 Å². The van der Waals surface area contributed by atoms with Gasteiger partial charge in [0.1, 0.15) is 5.82 Å². The molecule has 1 aliphatic heterocycles. The maximum absolute atomic E-state index is 6.09. The van der Waals surface area contributed by atoms with Crippen molar-refractivity contribution in [2.75, 3.05) is 42.5 Å². The molecule has 2 aliphatic rings. The van der Waals surface area contributed by atoms with E-state index in [0.29, 0.717) is 11.9 Å². The molecular formula is C18H24N6. The van der Waals surface area contributed by atoms with Crippen molar-refractivity contribution in [3.8, 4) is 11.3 Å². The third-order valence-electron chi connectivity index (χ3n) is 5.09. The van der Waals surface area contributed by atoms with Crippen molar-refractivity contribution < 1.29 is 0 Å². The van der Waals surface area contributed by atoms with Crippen LogP contribution in [0.25, 0.3) is 11.3 Å². The van der Waals surface area contributed by atoms with E-state index >= 15 is 0 Å². The highest BCUT2D eigenvalue weighted by Gasteiger charge is 2.28. The van der Waals surface area contributed by atoms with E-state index in [0.717, 1.165) is 61.8 Å². The molecule has 5 N–H and O–H groups in total. The molecule has 24 heavy (non-hydrogen) atoms. The number of hydrogen-bond donors (Lipinski definition) is 3. The Morgan fingerprint density at radius 1 is 1.17 bits per heavy atom. The molecule has 126 valence electrons. The van der Waals surface area contributed by atoms with Gasteiger partial charge >= 0.3 is 0 Å². The highest BCUT2D eigenvalue weighted by molar-refractivity contribution is 5.77. The highest BCUT2D eigenvalue weighted by Crippen LogP contribution is 2.42. The lowest BCUT2D eigenvalue weighted by Gasteiger charge is -2.31. The monoisotopic (exact) mass is 324 g/mol. The molecule has 1 unspecified atom stereocenters. The second-order valence-corrected chi connectivity index (χ2v) is 6.76. The molecule has 6 nitrogen and oxygen atoms in total. The minimum Gasteiger partial charge on any atom is -0.399 e. The van der Waals surface area contributed by atoms with Crippen LogP contribution in [0.4, 0.5) is 17.5 Å². The van der Waals surface area contributed by atoms with E-state index in [1.807, 2.05) is 12.1 Å².